The van der Waals surface area contributed by atoms with Gasteiger partial charge in [-0.3, -0.25) is 14.4 Å². The first kappa shape index (κ1) is 15.9. The molecule has 0 saturated carbocycles. The number of aromatic nitrogens is 1. The Morgan fingerprint density at radius 2 is 2.10 bits per heavy atom. The molecule has 0 aliphatic heterocycles. The van der Waals surface area contributed by atoms with Gasteiger partial charge in [0.15, 0.2) is 0 Å². The van der Waals surface area contributed by atoms with E-state index < -0.39 is 17.4 Å². The lowest BCUT2D eigenvalue weighted by Crippen LogP contribution is -2.50. The van der Waals surface area contributed by atoms with E-state index in [1.165, 1.54) is 37.1 Å². The first-order valence-electron chi connectivity index (χ1n) is 5.97. The Hall–Kier alpha value is -2.15. The number of methoxy groups -OCH3 is 1. The van der Waals surface area contributed by atoms with Crippen LogP contribution in [0.3, 0.4) is 0 Å². The molecule has 1 unspecified atom stereocenters. The zero-order valence-electron chi connectivity index (χ0n) is 11.7. The third kappa shape index (κ3) is 4.20. The van der Waals surface area contributed by atoms with Gasteiger partial charge in [0, 0.05) is 26.4 Å². The number of hydrogen-bond acceptors (Lipinski definition) is 4. The van der Waals surface area contributed by atoms with Crippen LogP contribution in [0.2, 0.25) is 0 Å². The van der Waals surface area contributed by atoms with Crippen molar-refractivity contribution >= 4 is 11.9 Å². The van der Waals surface area contributed by atoms with Gasteiger partial charge >= 0.3 is 5.97 Å². The molecular formula is C13H18N2O5. The second kappa shape index (κ2) is 6.33. The predicted octanol–water partition coefficient (Wildman–Crippen LogP) is -0.00510. The number of nitrogens with one attached hydrogen (secondary N) is 1. The van der Waals surface area contributed by atoms with Crippen molar-refractivity contribution in [1.29, 1.82) is 0 Å². The Kier molecular flexibility index (Phi) is 5.04. The number of rotatable bonds is 6. The summed E-state index contributed by atoms with van der Waals surface area (Å²) in [4.78, 5) is 34.2. The highest BCUT2D eigenvalue weighted by Gasteiger charge is 2.30. The molecular weight excluding hydrogens is 264 g/mol. The van der Waals surface area contributed by atoms with Crippen LogP contribution in [-0.2, 0) is 16.6 Å². The van der Waals surface area contributed by atoms with Crippen LogP contribution in [0.15, 0.2) is 23.1 Å². The number of carbonyl (C=O) groups excluding carboxylic acids is 1. The van der Waals surface area contributed by atoms with Crippen LogP contribution in [0.25, 0.3) is 0 Å². The number of hydrogen-bond donors (Lipinski definition) is 2. The molecule has 1 amide bonds. The maximum Gasteiger partial charge on any atom is 0.305 e. The number of aliphatic carboxylic acids is 1. The number of ether oxygens (including phenoxy) is 1. The summed E-state index contributed by atoms with van der Waals surface area (Å²) < 4.78 is 6.23. The summed E-state index contributed by atoms with van der Waals surface area (Å²) in [5, 5.41) is 11.5. The predicted molar refractivity (Wildman–Crippen MR) is 71.7 cm³/mol. The van der Waals surface area contributed by atoms with Gasteiger partial charge in [0.25, 0.3) is 5.91 Å². The number of carboxylic acid groups (broad SMARTS) is 1. The maximum absolute atomic E-state index is 12.1. The average molecular weight is 282 g/mol. The fourth-order valence-corrected chi connectivity index (χ4v) is 1.86. The highest BCUT2D eigenvalue weighted by Crippen LogP contribution is 2.11. The first-order chi connectivity index (χ1) is 9.27. The van der Waals surface area contributed by atoms with E-state index in [0.29, 0.717) is 0 Å². The van der Waals surface area contributed by atoms with Crippen LogP contribution < -0.4 is 10.9 Å². The van der Waals surface area contributed by atoms with Gasteiger partial charge in [-0.1, -0.05) is 0 Å². The highest BCUT2D eigenvalue weighted by molar-refractivity contribution is 5.94. The van der Waals surface area contributed by atoms with Crippen molar-refractivity contribution in [1.82, 2.24) is 9.88 Å². The first-order valence-corrected chi connectivity index (χ1v) is 5.97. The summed E-state index contributed by atoms with van der Waals surface area (Å²) >= 11 is 0. The molecule has 7 heteroatoms. The molecule has 0 bridgehead atoms. The molecule has 1 aromatic rings. The Balaban J connectivity index is 2.92. The van der Waals surface area contributed by atoms with Crippen molar-refractivity contribution in [2.45, 2.75) is 18.9 Å². The number of nitrogens with zero attached hydrogens (tertiary/aromatic N) is 1. The van der Waals surface area contributed by atoms with Gasteiger partial charge in [-0.05, 0) is 13.0 Å². The number of pyridine rings is 1. The number of carbonyl (C=O) groups is 2. The summed E-state index contributed by atoms with van der Waals surface area (Å²) in [5.41, 5.74) is -0.974. The topological polar surface area (TPSA) is 97.6 Å². The highest BCUT2D eigenvalue weighted by atomic mass is 16.5. The smallest absolute Gasteiger partial charge is 0.305 e. The molecule has 0 aromatic carbocycles. The van der Waals surface area contributed by atoms with E-state index >= 15 is 0 Å². The summed E-state index contributed by atoms with van der Waals surface area (Å²) in [6, 6.07) is 2.67. The van der Waals surface area contributed by atoms with Crippen LogP contribution in [-0.4, -0.2) is 40.8 Å². The van der Waals surface area contributed by atoms with Crippen molar-refractivity contribution in [2.24, 2.45) is 7.05 Å². The molecule has 0 fully saturated rings. The minimum absolute atomic E-state index is 0.0663. The van der Waals surface area contributed by atoms with Crippen LogP contribution in [0, 0.1) is 0 Å². The van der Waals surface area contributed by atoms with Gasteiger partial charge in [-0.2, -0.15) is 0 Å². The fraction of sp³-hybridized carbons (Fsp3) is 0.462. The van der Waals surface area contributed by atoms with Gasteiger partial charge < -0.3 is 19.7 Å². The Labute approximate surface area is 116 Å². The minimum atomic E-state index is -1.04. The Bertz CT molecular complexity index is 566. The van der Waals surface area contributed by atoms with Crippen LogP contribution in [0.1, 0.15) is 23.7 Å². The van der Waals surface area contributed by atoms with Crippen molar-refractivity contribution in [3.05, 3.63) is 34.2 Å². The van der Waals surface area contributed by atoms with Crippen molar-refractivity contribution in [2.75, 3.05) is 13.7 Å². The van der Waals surface area contributed by atoms with E-state index in [0.717, 1.165) is 0 Å². The van der Waals surface area contributed by atoms with E-state index in [2.05, 4.69) is 5.32 Å². The molecule has 0 aliphatic carbocycles. The van der Waals surface area contributed by atoms with E-state index in [4.69, 9.17) is 9.84 Å². The number of aryl methyl sites for hydroxylation is 1. The summed E-state index contributed by atoms with van der Waals surface area (Å²) in [6.45, 7) is 1.65. The SMILES string of the molecule is COCC(C)(CC(=O)O)NC(=O)c1ccc(=O)n(C)c1. The fourth-order valence-electron chi connectivity index (χ4n) is 1.86. The Morgan fingerprint density at radius 1 is 1.45 bits per heavy atom. The maximum atomic E-state index is 12.1. The second-order valence-corrected chi connectivity index (χ2v) is 4.89. The van der Waals surface area contributed by atoms with E-state index in [9.17, 15) is 14.4 Å². The molecule has 0 aliphatic rings. The van der Waals surface area contributed by atoms with Crippen molar-refractivity contribution < 1.29 is 19.4 Å². The molecule has 1 atom stereocenters. The van der Waals surface area contributed by atoms with Gasteiger partial charge in [-0.15, -0.1) is 0 Å². The standard InChI is InChI=1S/C13H18N2O5/c1-13(8-20-3,6-11(17)18)14-12(19)9-4-5-10(16)15(2)7-9/h4-5,7H,6,8H2,1-3H3,(H,14,19)(H,17,18). The van der Waals surface area contributed by atoms with Gasteiger partial charge in [0.1, 0.15) is 0 Å². The third-order valence-electron chi connectivity index (χ3n) is 2.77. The lowest BCUT2D eigenvalue weighted by atomic mass is 9.98. The van der Waals surface area contributed by atoms with E-state index in [1.54, 1.807) is 6.92 Å². The molecule has 2 N–H and O–H groups in total. The van der Waals surface area contributed by atoms with Crippen molar-refractivity contribution in [3.8, 4) is 0 Å². The summed E-state index contributed by atoms with van der Waals surface area (Å²) in [5.74, 6) is -1.49. The lowest BCUT2D eigenvalue weighted by Gasteiger charge is -2.28. The molecule has 0 spiro atoms. The molecule has 1 heterocycles. The Morgan fingerprint density at radius 3 is 2.60 bits per heavy atom. The largest absolute Gasteiger partial charge is 0.481 e. The third-order valence-corrected chi connectivity index (χ3v) is 2.77. The molecule has 1 rings (SSSR count). The second-order valence-electron chi connectivity index (χ2n) is 4.89. The lowest BCUT2D eigenvalue weighted by molar-refractivity contribution is -0.139. The average Bonchev–Trinajstić information content (AvgIpc) is 2.31. The van der Waals surface area contributed by atoms with Crippen LogP contribution in [0.5, 0.6) is 0 Å². The quantitative estimate of drug-likeness (QED) is 0.765. The van der Waals surface area contributed by atoms with E-state index in [1.807, 2.05) is 0 Å². The molecule has 110 valence electrons. The van der Waals surface area contributed by atoms with Gasteiger partial charge in [0.05, 0.1) is 24.1 Å². The van der Waals surface area contributed by atoms with E-state index in [-0.39, 0.29) is 24.2 Å². The van der Waals surface area contributed by atoms with Crippen LogP contribution >= 0.6 is 0 Å². The molecule has 0 saturated heterocycles. The zero-order chi connectivity index (χ0) is 15.3. The zero-order valence-corrected chi connectivity index (χ0v) is 11.7. The number of carboxylic acids is 1. The number of amides is 1. The molecule has 7 nitrogen and oxygen atoms in total. The monoisotopic (exact) mass is 282 g/mol. The summed E-state index contributed by atoms with van der Waals surface area (Å²) in [7, 11) is 2.96. The van der Waals surface area contributed by atoms with Crippen molar-refractivity contribution in [3.63, 3.8) is 0 Å². The normalized spacial score (nSPS) is 13.6. The van der Waals surface area contributed by atoms with Crippen LogP contribution in [0.4, 0.5) is 0 Å². The van der Waals surface area contributed by atoms with Gasteiger partial charge in [0.2, 0.25) is 5.56 Å². The molecule has 0 radical (unpaired) electrons. The molecule has 1 aromatic heterocycles. The summed E-state index contributed by atoms with van der Waals surface area (Å²) in [6.07, 6.45) is 1.13. The minimum Gasteiger partial charge on any atom is -0.481 e. The van der Waals surface area contributed by atoms with Gasteiger partial charge in [-0.25, -0.2) is 0 Å². The molecule has 20 heavy (non-hydrogen) atoms.